The van der Waals surface area contributed by atoms with Gasteiger partial charge in [0.2, 0.25) is 0 Å². The minimum atomic E-state index is 0.206. The lowest BCUT2D eigenvalue weighted by Gasteiger charge is -2.24. The number of fused-ring (bicyclic) bond motifs is 1. The Hall–Kier alpha value is -6.85. The van der Waals surface area contributed by atoms with Crippen molar-refractivity contribution >= 4 is 17.1 Å². The van der Waals surface area contributed by atoms with E-state index in [4.69, 9.17) is 15.0 Å². The molecule has 52 heavy (non-hydrogen) atoms. The molecule has 0 aliphatic carbocycles. The highest BCUT2D eigenvalue weighted by Gasteiger charge is 2.26. The highest BCUT2D eigenvalue weighted by molar-refractivity contribution is 5.83. The predicted molar refractivity (Wildman–Crippen MR) is 214 cm³/mol. The third kappa shape index (κ3) is 6.10. The van der Waals surface area contributed by atoms with Gasteiger partial charge in [0.15, 0.2) is 17.5 Å². The first-order valence-corrected chi connectivity index (χ1v) is 17.6. The molecule has 7 aromatic carbocycles. The van der Waals surface area contributed by atoms with Crippen molar-refractivity contribution in [3.05, 3.63) is 182 Å². The summed E-state index contributed by atoms with van der Waals surface area (Å²) in [6, 6.07) is 63.5. The molecular formula is C47H35N5. The highest BCUT2D eigenvalue weighted by atomic mass is 15.3. The number of aromatic nitrogens is 3. The predicted octanol–water partition coefficient (Wildman–Crippen LogP) is 11.8. The van der Waals surface area contributed by atoms with Crippen LogP contribution in [0.15, 0.2) is 182 Å². The highest BCUT2D eigenvalue weighted by Crippen LogP contribution is 2.40. The van der Waals surface area contributed by atoms with Crippen molar-refractivity contribution in [2.45, 2.75) is 13.1 Å². The topological polar surface area (TPSA) is 53.9 Å². The number of para-hydroxylation sites is 2. The Morgan fingerprint density at radius 2 is 0.692 bits per heavy atom. The average molecular weight is 670 g/mol. The van der Waals surface area contributed by atoms with E-state index < -0.39 is 0 Å². The number of rotatable bonds is 7. The maximum atomic E-state index is 4.88. The van der Waals surface area contributed by atoms with Gasteiger partial charge in [0.25, 0.3) is 0 Å². The standard InChI is InChI=1S/C47H35N5/c1-32-48-43-14-8-9-15-44(43)52(32)42-30-28-38(29-31-42)36-22-20-34(21-23-36)33-16-18-35(19-17-33)37-24-26-41(27-25-37)47-50-45(39-10-4-2-5-11-39)49-46(51-47)40-12-6-3-7-13-40/h2-32,48H,1H3. The van der Waals surface area contributed by atoms with Gasteiger partial charge >= 0.3 is 0 Å². The van der Waals surface area contributed by atoms with Crippen LogP contribution >= 0.6 is 0 Å². The van der Waals surface area contributed by atoms with Crippen LogP contribution < -0.4 is 10.2 Å². The van der Waals surface area contributed by atoms with Gasteiger partial charge in [-0.1, -0.05) is 158 Å². The van der Waals surface area contributed by atoms with Gasteiger partial charge in [0.05, 0.1) is 11.4 Å². The molecule has 2 heterocycles. The van der Waals surface area contributed by atoms with Crippen LogP contribution in [0.2, 0.25) is 0 Å². The minimum absolute atomic E-state index is 0.206. The van der Waals surface area contributed by atoms with Gasteiger partial charge in [-0.3, -0.25) is 0 Å². The van der Waals surface area contributed by atoms with Crippen molar-refractivity contribution < 1.29 is 0 Å². The summed E-state index contributed by atoms with van der Waals surface area (Å²) in [5, 5.41) is 3.57. The van der Waals surface area contributed by atoms with E-state index in [-0.39, 0.29) is 6.17 Å². The van der Waals surface area contributed by atoms with Gasteiger partial charge in [0, 0.05) is 22.4 Å². The molecule has 1 atom stereocenters. The molecule has 1 aromatic heterocycles. The Balaban J connectivity index is 0.917. The number of hydrogen-bond acceptors (Lipinski definition) is 5. The van der Waals surface area contributed by atoms with Gasteiger partial charge in [-0.2, -0.15) is 0 Å². The van der Waals surface area contributed by atoms with Gasteiger partial charge < -0.3 is 10.2 Å². The first-order valence-electron chi connectivity index (χ1n) is 17.6. The number of anilines is 3. The first-order chi connectivity index (χ1) is 25.7. The van der Waals surface area contributed by atoms with Crippen molar-refractivity contribution in [1.82, 2.24) is 15.0 Å². The van der Waals surface area contributed by atoms with Crippen LogP contribution in [0.25, 0.3) is 67.5 Å². The third-order valence-corrected chi connectivity index (χ3v) is 9.67. The van der Waals surface area contributed by atoms with Crippen LogP contribution in [-0.4, -0.2) is 21.1 Å². The quantitative estimate of drug-likeness (QED) is 0.183. The molecule has 248 valence electrons. The molecule has 5 heteroatoms. The van der Waals surface area contributed by atoms with E-state index >= 15 is 0 Å². The fourth-order valence-corrected chi connectivity index (χ4v) is 6.94. The second kappa shape index (κ2) is 13.5. The fraction of sp³-hybridized carbons (Fsp3) is 0.0426. The lowest BCUT2D eigenvalue weighted by Crippen LogP contribution is -2.28. The van der Waals surface area contributed by atoms with Gasteiger partial charge in [-0.15, -0.1) is 0 Å². The largest absolute Gasteiger partial charge is 0.363 e. The molecule has 0 bridgehead atoms. The van der Waals surface area contributed by atoms with E-state index in [0.29, 0.717) is 17.5 Å². The molecule has 0 spiro atoms. The Morgan fingerprint density at radius 1 is 0.365 bits per heavy atom. The Bertz CT molecular complexity index is 2400. The monoisotopic (exact) mass is 669 g/mol. The second-order valence-corrected chi connectivity index (χ2v) is 13.0. The van der Waals surface area contributed by atoms with Gasteiger partial charge in [-0.25, -0.2) is 15.0 Å². The summed E-state index contributed by atoms with van der Waals surface area (Å²) in [5.74, 6) is 1.97. The molecule has 0 amide bonds. The van der Waals surface area contributed by atoms with E-state index in [1.807, 2.05) is 60.7 Å². The summed E-state index contributed by atoms with van der Waals surface area (Å²) < 4.78 is 0. The van der Waals surface area contributed by atoms with Crippen molar-refractivity contribution in [2.24, 2.45) is 0 Å². The number of nitrogens with zero attached hydrogens (tertiary/aromatic N) is 4. The normalized spacial score (nSPS) is 13.4. The first kappa shape index (κ1) is 31.2. The summed E-state index contributed by atoms with van der Waals surface area (Å²) in [6.07, 6.45) is 0.206. The molecule has 1 N–H and O–H groups in total. The molecule has 9 rings (SSSR count). The molecule has 5 nitrogen and oxygen atoms in total. The van der Waals surface area contributed by atoms with E-state index in [1.54, 1.807) is 0 Å². The maximum Gasteiger partial charge on any atom is 0.164 e. The van der Waals surface area contributed by atoms with Crippen molar-refractivity contribution in [3.8, 4) is 67.5 Å². The van der Waals surface area contributed by atoms with E-state index in [9.17, 15) is 0 Å². The zero-order valence-corrected chi connectivity index (χ0v) is 28.7. The minimum Gasteiger partial charge on any atom is -0.363 e. The summed E-state index contributed by atoms with van der Waals surface area (Å²) >= 11 is 0. The van der Waals surface area contributed by atoms with Crippen LogP contribution in [0.5, 0.6) is 0 Å². The van der Waals surface area contributed by atoms with E-state index in [0.717, 1.165) is 27.8 Å². The molecule has 1 unspecified atom stereocenters. The SMILES string of the molecule is CC1Nc2ccccc2N1c1ccc(-c2ccc(-c3ccc(-c4ccc(-c5nc(-c6ccccc6)nc(-c6ccccc6)n5)cc4)cc3)cc2)cc1. The third-order valence-electron chi connectivity index (χ3n) is 9.67. The number of nitrogens with one attached hydrogen (secondary N) is 1. The summed E-state index contributed by atoms with van der Waals surface area (Å²) in [6.45, 7) is 2.19. The number of benzene rings is 7. The second-order valence-electron chi connectivity index (χ2n) is 13.0. The average Bonchev–Trinajstić information content (AvgIpc) is 3.57. The lowest BCUT2D eigenvalue weighted by molar-refractivity contribution is 0.843. The van der Waals surface area contributed by atoms with Crippen LogP contribution in [0.4, 0.5) is 17.1 Å². The molecule has 0 saturated heterocycles. The molecule has 1 aliphatic rings. The zero-order chi connectivity index (χ0) is 34.9. The van der Waals surface area contributed by atoms with E-state index in [1.165, 1.54) is 39.3 Å². The lowest BCUT2D eigenvalue weighted by atomic mass is 9.97. The summed E-state index contributed by atoms with van der Waals surface area (Å²) in [5.41, 5.74) is 13.5. The zero-order valence-electron chi connectivity index (χ0n) is 28.7. The van der Waals surface area contributed by atoms with Crippen molar-refractivity contribution in [2.75, 3.05) is 10.2 Å². The van der Waals surface area contributed by atoms with Gasteiger partial charge in [0.1, 0.15) is 6.17 Å². The Morgan fingerprint density at radius 3 is 1.12 bits per heavy atom. The van der Waals surface area contributed by atoms with Gasteiger partial charge in [-0.05, 0) is 64.6 Å². The maximum absolute atomic E-state index is 4.88. The molecular weight excluding hydrogens is 635 g/mol. The molecule has 8 aromatic rings. The molecule has 1 aliphatic heterocycles. The van der Waals surface area contributed by atoms with Crippen molar-refractivity contribution in [1.29, 1.82) is 0 Å². The Kier molecular flexibility index (Phi) is 8.06. The van der Waals surface area contributed by atoms with Crippen LogP contribution in [0, 0.1) is 0 Å². The smallest absolute Gasteiger partial charge is 0.164 e. The summed E-state index contributed by atoms with van der Waals surface area (Å²) in [4.78, 5) is 16.9. The van der Waals surface area contributed by atoms with Crippen LogP contribution in [-0.2, 0) is 0 Å². The van der Waals surface area contributed by atoms with Crippen molar-refractivity contribution in [3.63, 3.8) is 0 Å². The molecule has 0 saturated carbocycles. The summed E-state index contributed by atoms with van der Waals surface area (Å²) in [7, 11) is 0. The van der Waals surface area contributed by atoms with E-state index in [2.05, 4.69) is 138 Å². The van der Waals surface area contributed by atoms with Crippen LogP contribution in [0.3, 0.4) is 0 Å². The molecule has 0 fully saturated rings. The number of hydrogen-bond donors (Lipinski definition) is 1. The Labute approximate surface area is 304 Å². The molecule has 0 radical (unpaired) electrons. The fourth-order valence-electron chi connectivity index (χ4n) is 6.94. The van der Waals surface area contributed by atoms with Crippen LogP contribution in [0.1, 0.15) is 6.92 Å².